The van der Waals surface area contributed by atoms with Crippen LogP contribution in [0.2, 0.25) is 0 Å². The van der Waals surface area contributed by atoms with Crippen LogP contribution in [0.4, 0.5) is 17.1 Å². The van der Waals surface area contributed by atoms with Crippen molar-refractivity contribution in [2.24, 2.45) is 23.7 Å². The van der Waals surface area contributed by atoms with Crippen LogP contribution in [0, 0.1) is 23.7 Å². The molecule has 0 radical (unpaired) electrons. The summed E-state index contributed by atoms with van der Waals surface area (Å²) >= 11 is 0. The Balaban J connectivity index is 1.20. The standard InChI is InChI=1S/C51H43N/c1-3-14-35(15-4-1)40-28-29-48(43-20-8-7-19-42(40)43)52(47-24-12-10-18-41(47)36-16-5-2-6-17-36)49-25-13-23-46-50(49)44-21-9-11-22-45(44)51(46)33-37-27-26-34-30-38(37)32-39(51)31-34/h1-25,28-29,34,37-39H,26-27,30-33H2. The summed E-state index contributed by atoms with van der Waals surface area (Å²) in [6.07, 6.45) is 8.41. The highest BCUT2D eigenvalue weighted by Crippen LogP contribution is 2.67. The van der Waals surface area contributed by atoms with Gasteiger partial charge in [-0.3, -0.25) is 0 Å². The predicted molar refractivity (Wildman–Crippen MR) is 217 cm³/mol. The molecule has 3 saturated carbocycles. The van der Waals surface area contributed by atoms with Gasteiger partial charge in [-0.1, -0.05) is 152 Å². The molecule has 0 aromatic heterocycles. The van der Waals surface area contributed by atoms with E-state index >= 15 is 0 Å². The Morgan fingerprint density at radius 3 is 1.90 bits per heavy atom. The Morgan fingerprint density at radius 1 is 0.423 bits per heavy atom. The number of fused-ring (bicyclic) bond motifs is 9. The highest BCUT2D eigenvalue weighted by Gasteiger charge is 2.57. The van der Waals surface area contributed by atoms with Crippen LogP contribution in [0.15, 0.2) is 164 Å². The summed E-state index contributed by atoms with van der Waals surface area (Å²) in [4.78, 5) is 2.62. The van der Waals surface area contributed by atoms with Crippen molar-refractivity contribution in [3.8, 4) is 33.4 Å². The number of benzene rings is 7. The largest absolute Gasteiger partial charge is 0.309 e. The zero-order valence-electron chi connectivity index (χ0n) is 29.6. The Bertz CT molecular complexity index is 2460. The van der Waals surface area contributed by atoms with Crippen LogP contribution in [0.5, 0.6) is 0 Å². The molecule has 11 rings (SSSR count). The maximum Gasteiger partial charge on any atom is 0.0543 e. The minimum absolute atomic E-state index is 0.0893. The van der Waals surface area contributed by atoms with Gasteiger partial charge in [0.25, 0.3) is 0 Å². The smallest absolute Gasteiger partial charge is 0.0543 e. The molecule has 3 bridgehead atoms. The van der Waals surface area contributed by atoms with Crippen molar-refractivity contribution in [1.29, 1.82) is 0 Å². The summed E-state index contributed by atoms with van der Waals surface area (Å²) in [5.74, 6) is 3.37. The van der Waals surface area contributed by atoms with Gasteiger partial charge in [-0.2, -0.15) is 0 Å². The van der Waals surface area contributed by atoms with E-state index in [-0.39, 0.29) is 5.41 Å². The Kier molecular flexibility index (Phi) is 6.88. The molecule has 1 nitrogen and oxygen atoms in total. The van der Waals surface area contributed by atoms with Gasteiger partial charge in [-0.05, 0) is 113 Å². The molecule has 0 N–H and O–H groups in total. The first-order chi connectivity index (χ1) is 25.8. The van der Waals surface area contributed by atoms with Gasteiger partial charge in [0.1, 0.15) is 0 Å². The van der Waals surface area contributed by atoms with E-state index in [1.54, 1.807) is 11.1 Å². The number of anilines is 3. The van der Waals surface area contributed by atoms with Crippen molar-refractivity contribution in [3.05, 3.63) is 175 Å². The molecule has 7 aromatic rings. The second-order valence-corrected chi connectivity index (χ2v) is 16.1. The molecular formula is C51H43N. The Labute approximate surface area is 307 Å². The molecule has 0 saturated heterocycles. The van der Waals surface area contributed by atoms with Crippen LogP contribution in [-0.2, 0) is 5.41 Å². The highest BCUT2D eigenvalue weighted by atomic mass is 15.1. The molecule has 1 heteroatoms. The Morgan fingerprint density at radius 2 is 1.08 bits per heavy atom. The third-order valence-electron chi connectivity index (χ3n) is 13.6. The zero-order chi connectivity index (χ0) is 34.2. The first-order valence-corrected chi connectivity index (χ1v) is 19.5. The lowest BCUT2D eigenvalue weighted by atomic mass is 9.47. The Hall–Kier alpha value is -5.40. The van der Waals surface area contributed by atoms with Crippen molar-refractivity contribution in [1.82, 2.24) is 0 Å². The summed E-state index contributed by atoms with van der Waals surface area (Å²) in [6.45, 7) is 0. The number of para-hydroxylation sites is 1. The molecule has 4 aliphatic carbocycles. The van der Waals surface area contributed by atoms with Crippen LogP contribution in [0.1, 0.15) is 49.7 Å². The normalized spacial score (nSPS) is 23.8. The molecule has 5 atom stereocenters. The lowest BCUT2D eigenvalue weighted by Crippen LogP contribution is -2.50. The predicted octanol–water partition coefficient (Wildman–Crippen LogP) is 13.8. The fourth-order valence-corrected chi connectivity index (χ4v) is 11.6. The molecule has 1 spiro atoms. The topological polar surface area (TPSA) is 3.24 Å². The summed E-state index contributed by atoms with van der Waals surface area (Å²) in [5.41, 5.74) is 14.8. The second kappa shape index (κ2) is 11.8. The quantitative estimate of drug-likeness (QED) is 0.176. The van der Waals surface area contributed by atoms with Gasteiger partial charge in [0.2, 0.25) is 0 Å². The molecule has 3 fully saturated rings. The fraction of sp³-hybridized carbons (Fsp3) is 0.216. The van der Waals surface area contributed by atoms with Crippen molar-refractivity contribution in [2.75, 3.05) is 4.90 Å². The van der Waals surface area contributed by atoms with Crippen LogP contribution in [0.25, 0.3) is 44.2 Å². The minimum Gasteiger partial charge on any atom is -0.309 e. The molecule has 252 valence electrons. The summed E-state index contributed by atoms with van der Waals surface area (Å²) < 4.78 is 0. The van der Waals surface area contributed by atoms with Gasteiger partial charge < -0.3 is 4.90 Å². The van der Waals surface area contributed by atoms with E-state index in [1.165, 1.54) is 99.7 Å². The molecule has 0 heterocycles. The zero-order valence-corrected chi connectivity index (χ0v) is 29.6. The maximum atomic E-state index is 2.62. The monoisotopic (exact) mass is 669 g/mol. The van der Waals surface area contributed by atoms with Gasteiger partial charge in [-0.25, -0.2) is 0 Å². The molecule has 0 amide bonds. The van der Waals surface area contributed by atoms with Crippen LogP contribution in [0.3, 0.4) is 0 Å². The van der Waals surface area contributed by atoms with Crippen LogP contribution in [-0.4, -0.2) is 0 Å². The van der Waals surface area contributed by atoms with E-state index in [4.69, 9.17) is 0 Å². The lowest BCUT2D eigenvalue weighted by Gasteiger charge is -2.57. The van der Waals surface area contributed by atoms with E-state index in [1.807, 2.05) is 0 Å². The molecule has 4 aliphatic rings. The van der Waals surface area contributed by atoms with Gasteiger partial charge in [0.05, 0.1) is 17.1 Å². The first-order valence-electron chi connectivity index (χ1n) is 19.5. The van der Waals surface area contributed by atoms with Gasteiger partial charge in [-0.15, -0.1) is 0 Å². The first kappa shape index (κ1) is 30.2. The second-order valence-electron chi connectivity index (χ2n) is 16.1. The number of hydrogen-bond acceptors (Lipinski definition) is 1. The molecular weight excluding hydrogens is 627 g/mol. The number of hydrogen-bond donors (Lipinski definition) is 0. The van der Waals surface area contributed by atoms with E-state index in [9.17, 15) is 0 Å². The number of nitrogens with zero attached hydrogens (tertiary/aromatic N) is 1. The van der Waals surface area contributed by atoms with Gasteiger partial charge >= 0.3 is 0 Å². The van der Waals surface area contributed by atoms with Gasteiger partial charge in [0, 0.05) is 21.9 Å². The average Bonchev–Trinajstić information content (AvgIpc) is 3.50. The molecule has 52 heavy (non-hydrogen) atoms. The van der Waals surface area contributed by atoms with Crippen molar-refractivity contribution in [3.63, 3.8) is 0 Å². The van der Waals surface area contributed by atoms with Crippen molar-refractivity contribution in [2.45, 2.75) is 43.9 Å². The molecule has 5 unspecified atom stereocenters. The summed E-state index contributed by atoms with van der Waals surface area (Å²) in [5, 5.41) is 2.53. The maximum absolute atomic E-state index is 2.62. The van der Waals surface area contributed by atoms with Crippen LogP contribution < -0.4 is 4.90 Å². The lowest BCUT2D eigenvalue weighted by molar-refractivity contribution is -0.0103. The minimum atomic E-state index is 0.0893. The van der Waals surface area contributed by atoms with E-state index in [0.717, 1.165) is 17.8 Å². The average molecular weight is 670 g/mol. The van der Waals surface area contributed by atoms with Crippen LogP contribution >= 0.6 is 0 Å². The van der Waals surface area contributed by atoms with E-state index in [2.05, 4.69) is 169 Å². The van der Waals surface area contributed by atoms with E-state index < -0.39 is 0 Å². The fourth-order valence-electron chi connectivity index (χ4n) is 11.6. The van der Waals surface area contributed by atoms with E-state index in [0.29, 0.717) is 5.92 Å². The summed E-state index contributed by atoms with van der Waals surface area (Å²) in [7, 11) is 0. The third kappa shape index (κ3) is 4.41. The number of rotatable bonds is 5. The van der Waals surface area contributed by atoms with Crippen molar-refractivity contribution >= 4 is 27.8 Å². The van der Waals surface area contributed by atoms with Gasteiger partial charge in [0.15, 0.2) is 0 Å². The molecule has 0 aliphatic heterocycles. The highest BCUT2D eigenvalue weighted by molar-refractivity contribution is 6.09. The van der Waals surface area contributed by atoms with Crippen molar-refractivity contribution < 1.29 is 0 Å². The third-order valence-corrected chi connectivity index (χ3v) is 13.6. The SMILES string of the molecule is c1ccc(-c2ccccc2N(c2cccc3c2-c2ccccc2C32CC3CCC4CC3CC2C4)c2ccc(-c3ccccc3)c3ccccc23)cc1. The summed E-state index contributed by atoms with van der Waals surface area (Å²) in [6, 6.07) is 61.5. The molecule has 7 aromatic carbocycles.